The predicted molar refractivity (Wildman–Crippen MR) is 98.0 cm³/mol. The number of nitro benzene ring substituents is 1. The van der Waals surface area contributed by atoms with Crippen molar-refractivity contribution < 1.29 is 9.31 Å². The van der Waals surface area contributed by atoms with Gasteiger partial charge in [0.15, 0.2) is 5.11 Å². The Morgan fingerprint density at radius 1 is 1.21 bits per heavy atom. The molecule has 0 heterocycles. The summed E-state index contributed by atoms with van der Waals surface area (Å²) in [5.74, 6) is -0.611. The van der Waals surface area contributed by atoms with Crippen molar-refractivity contribution in [3.8, 4) is 0 Å². The van der Waals surface area contributed by atoms with E-state index in [-0.39, 0.29) is 16.5 Å². The van der Waals surface area contributed by atoms with E-state index in [0.717, 1.165) is 43.1 Å². The fourth-order valence-electron chi connectivity index (χ4n) is 2.14. The lowest BCUT2D eigenvalue weighted by Crippen LogP contribution is -2.19. The molecule has 7 heteroatoms. The molecule has 0 radical (unpaired) electrons. The van der Waals surface area contributed by atoms with E-state index in [1.165, 1.54) is 5.56 Å². The van der Waals surface area contributed by atoms with E-state index >= 15 is 0 Å². The van der Waals surface area contributed by atoms with Crippen LogP contribution in [0.1, 0.15) is 25.3 Å². The second kappa shape index (κ2) is 8.35. The number of unbranched alkanes of at least 4 members (excludes halogenated alkanes) is 1. The topological polar surface area (TPSA) is 67.2 Å². The molecule has 5 nitrogen and oxygen atoms in total. The fraction of sp³-hybridized carbons (Fsp3) is 0.235. The summed E-state index contributed by atoms with van der Waals surface area (Å²) in [4.78, 5) is 10.2. The van der Waals surface area contributed by atoms with Crippen LogP contribution in [0.25, 0.3) is 0 Å². The second-order valence-electron chi connectivity index (χ2n) is 5.30. The van der Waals surface area contributed by atoms with Gasteiger partial charge in [0.2, 0.25) is 0 Å². The van der Waals surface area contributed by atoms with E-state index in [9.17, 15) is 14.5 Å². The number of anilines is 2. The van der Waals surface area contributed by atoms with Gasteiger partial charge in [0.1, 0.15) is 5.82 Å². The van der Waals surface area contributed by atoms with Gasteiger partial charge in [-0.05, 0) is 48.8 Å². The molecule has 0 spiro atoms. The van der Waals surface area contributed by atoms with E-state index in [0.29, 0.717) is 0 Å². The van der Waals surface area contributed by atoms with Gasteiger partial charge in [-0.2, -0.15) is 0 Å². The number of hydrogen-bond acceptors (Lipinski definition) is 3. The third-order valence-corrected chi connectivity index (χ3v) is 3.64. The third-order valence-electron chi connectivity index (χ3n) is 3.44. The molecule has 0 atom stereocenters. The first-order valence-corrected chi connectivity index (χ1v) is 8.01. The van der Waals surface area contributed by atoms with Crippen molar-refractivity contribution in [2.24, 2.45) is 0 Å². The largest absolute Gasteiger partial charge is 0.332 e. The van der Waals surface area contributed by atoms with Crippen LogP contribution in [0.2, 0.25) is 0 Å². The summed E-state index contributed by atoms with van der Waals surface area (Å²) in [7, 11) is 0. The first kappa shape index (κ1) is 17.8. The highest BCUT2D eigenvalue weighted by Gasteiger charge is 2.11. The normalized spacial score (nSPS) is 10.2. The summed E-state index contributed by atoms with van der Waals surface area (Å²) in [5, 5.41) is 16.5. The first-order valence-electron chi connectivity index (χ1n) is 7.60. The number of halogens is 1. The molecule has 24 heavy (non-hydrogen) atoms. The number of benzene rings is 2. The maximum absolute atomic E-state index is 13.7. The van der Waals surface area contributed by atoms with Crippen molar-refractivity contribution in [2.45, 2.75) is 26.2 Å². The molecule has 0 saturated carbocycles. The molecule has 0 aromatic heterocycles. The van der Waals surface area contributed by atoms with Gasteiger partial charge < -0.3 is 10.6 Å². The summed E-state index contributed by atoms with van der Waals surface area (Å²) in [6.45, 7) is 2.15. The van der Waals surface area contributed by atoms with Gasteiger partial charge in [-0.25, -0.2) is 4.39 Å². The van der Waals surface area contributed by atoms with Gasteiger partial charge in [0.05, 0.1) is 10.6 Å². The molecule has 0 amide bonds. The zero-order chi connectivity index (χ0) is 17.5. The van der Waals surface area contributed by atoms with Crippen LogP contribution in [0.3, 0.4) is 0 Å². The van der Waals surface area contributed by atoms with E-state index in [4.69, 9.17) is 12.2 Å². The number of nitrogens with one attached hydrogen (secondary N) is 2. The van der Waals surface area contributed by atoms with Crippen molar-refractivity contribution in [3.63, 3.8) is 0 Å². The number of aryl methyl sites for hydroxylation is 1. The number of non-ortho nitro benzene ring substituents is 1. The standard InChI is InChI=1S/C17H18FN3O2S/c1-2-3-4-12-5-7-13(8-6-12)19-17(24)20-16-11-14(21(22)23)9-10-15(16)18/h5-11H,2-4H2,1H3,(H2,19,20,24). The van der Waals surface area contributed by atoms with Crippen molar-refractivity contribution in [3.05, 3.63) is 64.0 Å². The zero-order valence-corrected chi connectivity index (χ0v) is 14.0. The maximum atomic E-state index is 13.7. The highest BCUT2D eigenvalue weighted by Crippen LogP contribution is 2.21. The molecule has 2 N–H and O–H groups in total. The van der Waals surface area contributed by atoms with Crippen molar-refractivity contribution in [2.75, 3.05) is 10.6 Å². The van der Waals surface area contributed by atoms with Crippen LogP contribution >= 0.6 is 12.2 Å². The third kappa shape index (κ3) is 4.99. The van der Waals surface area contributed by atoms with Gasteiger partial charge in [-0.3, -0.25) is 10.1 Å². The molecular formula is C17H18FN3O2S. The Morgan fingerprint density at radius 3 is 2.54 bits per heavy atom. The Kier molecular flexibility index (Phi) is 6.20. The molecule has 0 aliphatic heterocycles. The Hall–Kier alpha value is -2.54. The van der Waals surface area contributed by atoms with Crippen LogP contribution in [0.15, 0.2) is 42.5 Å². The maximum Gasteiger partial charge on any atom is 0.271 e. The van der Waals surface area contributed by atoms with Gasteiger partial charge in [0, 0.05) is 17.8 Å². The van der Waals surface area contributed by atoms with E-state index < -0.39 is 10.7 Å². The highest BCUT2D eigenvalue weighted by atomic mass is 32.1. The molecule has 0 unspecified atom stereocenters. The van der Waals surface area contributed by atoms with Crippen LogP contribution in [0, 0.1) is 15.9 Å². The minimum atomic E-state index is -0.611. The van der Waals surface area contributed by atoms with E-state index in [1.807, 2.05) is 24.3 Å². The van der Waals surface area contributed by atoms with Crippen LogP contribution in [0.4, 0.5) is 21.5 Å². The molecule has 0 aliphatic rings. The number of nitro groups is 1. The SMILES string of the molecule is CCCCc1ccc(NC(=S)Nc2cc([N+](=O)[O-])ccc2F)cc1. The monoisotopic (exact) mass is 347 g/mol. The molecule has 2 aromatic rings. The average Bonchev–Trinajstić information content (AvgIpc) is 2.56. The quantitative estimate of drug-likeness (QED) is 0.443. The van der Waals surface area contributed by atoms with E-state index in [1.54, 1.807) is 0 Å². The number of thiocarbonyl (C=S) groups is 1. The van der Waals surface area contributed by atoms with Crippen LogP contribution in [-0.4, -0.2) is 10.0 Å². The number of rotatable bonds is 6. The van der Waals surface area contributed by atoms with Crippen molar-refractivity contribution in [1.29, 1.82) is 0 Å². The van der Waals surface area contributed by atoms with Gasteiger partial charge >= 0.3 is 0 Å². The Morgan fingerprint density at radius 2 is 1.92 bits per heavy atom. The second-order valence-corrected chi connectivity index (χ2v) is 5.71. The molecule has 2 aromatic carbocycles. The smallest absolute Gasteiger partial charge is 0.271 e. The van der Waals surface area contributed by atoms with Gasteiger partial charge in [-0.1, -0.05) is 25.5 Å². The molecule has 2 rings (SSSR count). The summed E-state index contributed by atoms with van der Waals surface area (Å²) in [6.07, 6.45) is 3.31. The average molecular weight is 347 g/mol. The zero-order valence-electron chi connectivity index (χ0n) is 13.2. The predicted octanol–water partition coefficient (Wildman–Crippen LogP) is 4.89. The lowest BCUT2D eigenvalue weighted by molar-refractivity contribution is -0.384. The minimum absolute atomic E-state index is 0.0405. The van der Waals surface area contributed by atoms with Crippen molar-refractivity contribution >= 4 is 34.4 Å². The summed E-state index contributed by atoms with van der Waals surface area (Å²) in [5.41, 5.74) is 1.76. The lowest BCUT2D eigenvalue weighted by Gasteiger charge is -2.11. The highest BCUT2D eigenvalue weighted by molar-refractivity contribution is 7.80. The van der Waals surface area contributed by atoms with Crippen LogP contribution < -0.4 is 10.6 Å². The number of nitrogens with zero attached hydrogens (tertiary/aromatic N) is 1. The van der Waals surface area contributed by atoms with Gasteiger partial charge in [0.25, 0.3) is 5.69 Å². The first-order chi connectivity index (χ1) is 11.5. The molecule has 126 valence electrons. The molecule has 0 saturated heterocycles. The Labute approximate surface area is 145 Å². The lowest BCUT2D eigenvalue weighted by atomic mass is 10.1. The summed E-state index contributed by atoms with van der Waals surface area (Å²) in [6, 6.07) is 11.0. The summed E-state index contributed by atoms with van der Waals surface area (Å²) >= 11 is 5.13. The van der Waals surface area contributed by atoms with Crippen LogP contribution in [0.5, 0.6) is 0 Å². The van der Waals surface area contributed by atoms with Crippen LogP contribution in [-0.2, 0) is 6.42 Å². The molecule has 0 aliphatic carbocycles. The number of hydrogen-bond donors (Lipinski definition) is 2. The molecule has 0 bridgehead atoms. The Balaban J connectivity index is 2.00. The van der Waals surface area contributed by atoms with E-state index in [2.05, 4.69) is 17.6 Å². The minimum Gasteiger partial charge on any atom is -0.332 e. The van der Waals surface area contributed by atoms with Gasteiger partial charge in [-0.15, -0.1) is 0 Å². The molecule has 0 fully saturated rings. The van der Waals surface area contributed by atoms with Crippen molar-refractivity contribution in [1.82, 2.24) is 0 Å². The summed E-state index contributed by atoms with van der Waals surface area (Å²) < 4.78 is 13.7. The Bertz CT molecular complexity index is 735. The fourth-order valence-corrected chi connectivity index (χ4v) is 2.37. The molecular weight excluding hydrogens is 329 g/mol.